The Morgan fingerprint density at radius 3 is 2.42 bits per heavy atom. The van der Waals surface area contributed by atoms with E-state index in [9.17, 15) is 8.42 Å². The Hall–Kier alpha value is -1.12. The van der Waals surface area contributed by atoms with Crippen molar-refractivity contribution in [3.8, 4) is 5.75 Å². The van der Waals surface area contributed by atoms with Crippen LogP contribution in [-0.2, 0) is 10.0 Å². The molecule has 1 aliphatic rings. The number of halogens is 1. The summed E-state index contributed by atoms with van der Waals surface area (Å²) in [6.07, 6.45) is 3.51. The van der Waals surface area contributed by atoms with E-state index in [4.69, 9.17) is 16.3 Å². The van der Waals surface area contributed by atoms with Gasteiger partial charge in [-0.3, -0.25) is 4.90 Å². The van der Waals surface area contributed by atoms with Crippen LogP contribution in [0.3, 0.4) is 0 Å². The SMILES string of the molecule is COc1ccc([C@H](CNS(=O)(=O)c2ccc(Cl)s2)N2CCCCC2)cc1. The Labute approximate surface area is 164 Å². The number of hydrogen-bond acceptors (Lipinski definition) is 5. The Kier molecular flexibility index (Phi) is 6.58. The number of sulfonamides is 1. The van der Waals surface area contributed by atoms with E-state index in [0.29, 0.717) is 10.9 Å². The predicted octanol–water partition coefficient (Wildman–Crippen LogP) is 3.92. The van der Waals surface area contributed by atoms with Crippen LogP contribution in [0.4, 0.5) is 0 Å². The molecular weight excluding hydrogens is 392 g/mol. The lowest BCUT2D eigenvalue weighted by Gasteiger charge is -2.35. The Morgan fingerprint density at radius 2 is 1.85 bits per heavy atom. The topological polar surface area (TPSA) is 58.6 Å². The van der Waals surface area contributed by atoms with Crippen LogP contribution in [0.25, 0.3) is 0 Å². The zero-order chi connectivity index (χ0) is 18.6. The second kappa shape index (κ2) is 8.71. The average Bonchev–Trinajstić information content (AvgIpc) is 3.11. The molecule has 0 bridgehead atoms. The molecule has 2 heterocycles. The third kappa shape index (κ3) is 4.78. The molecule has 1 N–H and O–H groups in total. The quantitative estimate of drug-likeness (QED) is 0.746. The summed E-state index contributed by atoms with van der Waals surface area (Å²) in [5, 5.41) is 0. The van der Waals surface area contributed by atoms with Crippen LogP contribution in [0, 0.1) is 0 Å². The van der Waals surface area contributed by atoms with Crippen molar-refractivity contribution >= 4 is 33.0 Å². The zero-order valence-electron chi connectivity index (χ0n) is 14.7. The molecule has 26 heavy (non-hydrogen) atoms. The van der Waals surface area contributed by atoms with Crippen LogP contribution < -0.4 is 9.46 Å². The number of benzene rings is 1. The van der Waals surface area contributed by atoms with Crippen LogP contribution in [0.5, 0.6) is 5.75 Å². The minimum atomic E-state index is -3.56. The highest BCUT2D eigenvalue weighted by molar-refractivity contribution is 7.91. The minimum Gasteiger partial charge on any atom is -0.497 e. The molecule has 1 fully saturated rings. The summed E-state index contributed by atoms with van der Waals surface area (Å²) < 4.78 is 33.8. The van der Waals surface area contributed by atoms with E-state index in [1.54, 1.807) is 19.2 Å². The highest BCUT2D eigenvalue weighted by Crippen LogP contribution is 2.28. The molecular formula is C18H23ClN2O3S2. The van der Waals surface area contributed by atoms with Crippen molar-refractivity contribution in [3.63, 3.8) is 0 Å². The molecule has 0 saturated carbocycles. The lowest BCUT2D eigenvalue weighted by molar-refractivity contribution is 0.164. The summed E-state index contributed by atoms with van der Waals surface area (Å²) >= 11 is 6.95. The lowest BCUT2D eigenvalue weighted by atomic mass is 10.0. The number of nitrogens with one attached hydrogen (secondary N) is 1. The van der Waals surface area contributed by atoms with E-state index in [0.717, 1.165) is 48.6 Å². The molecule has 1 saturated heterocycles. The molecule has 1 aliphatic heterocycles. The number of nitrogens with zero attached hydrogens (tertiary/aromatic N) is 1. The standard InChI is InChI=1S/C18H23ClN2O3S2/c1-24-15-7-5-14(6-8-15)16(21-11-3-2-4-12-21)13-20-26(22,23)18-10-9-17(19)25-18/h5-10,16,20H,2-4,11-13H2,1H3/t16-/m0/s1. The van der Waals surface area contributed by atoms with Gasteiger partial charge in [-0.15, -0.1) is 11.3 Å². The van der Waals surface area contributed by atoms with Gasteiger partial charge < -0.3 is 4.74 Å². The molecule has 1 aromatic heterocycles. The second-order valence-corrected chi connectivity index (χ2v) is 10.0. The molecule has 0 amide bonds. The van der Waals surface area contributed by atoms with Crippen LogP contribution in [0.15, 0.2) is 40.6 Å². The van der Waals surface area contributed by atoms with E-state index in [2.05, 4.69) is 9.62 Å². The number of rotatable bonds is 7. The first-order chi connectivity index (χ1) is 12.5. The molecule has 142 valence electrons. The lowest BCUT2D eigenvalue weighted by Crippen LogP contribution is -2.40. The van der Waals surface area contributed by atoms with E-state index >= 15 is 0 Å². The van der Waals surface area contributed by atoms with Gasteiger partial charge >= 0.3 is 0 Å². The van der Waals surface area contributed by atoms with Gasteiger partial charge in [-0.2, -0.15) is 0 Å². The Bertz CT molecular complexity index is 815. The highest BCUT2D eigenvalue weighted by Gasteiger charge is 2.25. The third-order valence-corrected chi connectivity index (χ3v) is 7.76. The van der Waals surface area contributed by atoms with Gasteiger partial charge in [-0.25, -0.2) is 13.1 Å². The number of ether oxygens (including phenoxy) is 1. The average molecular weight is 415 g/mol. The maximum atomic E-state index is 12.6. The summed E-state index contributed by atoms with van der Waals surface area (Å²) in [6.45, 7) is 2.27. The molecule has 2 aromatic rings. The maximum absolute atomic E-state index is 12.6. The predicted molar refractivity (Wildman–Crippen MR) is 106 cm³/mol. The smallest absolute Gasteiger partial charge is 0.250 e. The molecule has 0 unspecified atom stereocenters. The number of thiophene rings is 1. The number of methoxy groups -OCH3 is 1. The fourth-order valence-corrected chi connectivity index (χ4v) is 5.78. The molecule has 0 aliphatic carbocycles. The number of hydrogen-bond donors (Lipinski definition) is 1. The van der Waals surface area contributed by atoms with Gasteiger partial charge in [0.2, 0.25) is 10.0 Å². The van der Waals surface area contributed by atoms with Crippen LogP contribution in [0.2, 0.25) is 4.34 Å². The molecule has 1 aromatic carbocycles. The van der Waals surface area contributed by atoms with Gasteiger partial charge in [-0.1, -0.05) is 30.2 Å². The molecule has 0 radical (unpaired) electrons. The van der Waals surface area contributed by atoms with Crippen LogP contribution in [-0.4, -0.2) is 40.1 Å². The number of piperidine rings is 1. The molecule has 8 heteroatoms. The third-order valence-electron chi connectivity index (χ3n) is 4.61. The van der Waals surface area contributed by atoms with Crippen molar-refractivity contribution in [1.82, 2.24) is 9.62 Å². The van der Waals surface area contributed by atoms with Crippen molar-refractivity contribution in [2.24, 2.45) is 0 Å². The summed E-state index contributed by atoms with van der Waals surface area (Å²) in [4.78, 5) is 2.36. The fourth-order valence-electron chi connectivity index (χ4n) is 3.22. The first kappa shape index (κ1) is 19.6. The van der Waals surface area contributed by atoms with Gasteiger partial charge in [0.05, 0.1) is 11.4 Å². The Balaban J connectivity index is 1.78. The Morgan fingerprint density at radius 1 is 1.15 bits per heavy atom. The van der Waals surface area contributed by atoms with Crippen LogP contribution >= 0.6 is 22.9 Å². The van der Waals surface area contributed by atoms with E-state index < -0.39 is 10.0 Å². The van der Waals surface area contributed by atoms with Crippen molar-refractivity contribution in [3.05, 3.63) is 46.3 Å². The summed E-state index contributed by atoms with van der Waals surface area (Å²) in [5.41, 5.74) is 1.08. The summed E-state index contributed by atoms with van der Waals surface area (Å²) in [6, 6.07) is 11.0. The summed E-state index contributed by atoms with van der Waals surface area (Å²) in [5.74, 6) is 0.792. The van der Waals surface area contributed by atoms with Gasteiger partial charge in [0.15, 0.2) is 0 Å². The first-order valence-corrected chi connectivity index (χ1v) is 11.3. The monoisotopic (exact) mass is 414 g/mol. The van der Waals surface area contributed by atoms with Gasteiger partial charge in [-0.05, 0) is 55.8 Å². The van der Waals surface area contributed by atoms with Gasteiger partial charge in [0, 0.05) is 12.6 Å². The van der Waals surface area contributed by atoms with Gasteiger partial charge in [0.1, 0.15) is 9.96 Å². The second-order valence-electron chi connectivity index (χ2n) is 6.30. The van der Waals surface area contributed by atoms with Crippen molar-refractivity contribution in [2.75, 3.05) is 26.7 Å². The summed E-state index contributed by atoms with van der Waals surface area (Å²) in [7, 11) is -1.92. The molecule has 0 spiro atoms. The first-order valence-electron chi connectivity index (χ1n) is 8.62. The molecule has 3 rings (SSSR count). The maximum Gasteiger partial charge on any atom is 0.250 e. The molecule has 5 nitrogen and oxygen atoms in total. The fraction of sp³-hybridized carbons (Fsp3) is 0.444. The van der Waals surface area contributed by atoms with Crippen molar-refractivity contribution in [1.29, 1.82) is 0 Å². The van der Waals surface area contributed by atoms with E-state index in [-0.39, 0.29) is 10.3 Å². The van der Waals surface area contributed by atoms with Crippen LogP contribution in [0.1, 0.15) is 30.9 Å². The van der Waals surface area contributed by atoms with Gasteiger partial charge in [0.25, 0.3) is 0 Å². The normalized spacial score (nSPS) is 17.2. The van der Waals surface area contributed by atoms with Crippen molar-refractivity contribution in [2.45, 2.75) is 29.5 Å². The minimum absolute atomic E-state index is 0.00795. The largest absolute Gasteiger partial charge is 0.497 e. The van der Waals surface area contributed by atoms with E-state index in [1.807, 2.05) is 24.3 Å². The number of likely N-dealkylation sites (tertiary alicyclic amines) is 1. The van der Waals surface area contributed by atoms with E-state index in [1.165, 1.54) is 6.42 Å². The van der Waals surface area contributed by atoms with Crippen molar-refractivity contribution < 1.29 is 13.2 Å². The highest BCUT2D eigenvalue weighted by atomic mass is 35.5. The zero-order valence-corrected chi connectivity index (χ0v) is 17.0. The molecule has 1 atom stereocenters.